The van der Waals surface area contributed by atoms with Crippen molar-refractivity contribution in [3.8, 4) is 0 Å². The first-order valence-electron chi connectivity index (χ1n) is 6.06. The van der Waals surface area contributed by atoms with Gasteiger partial charge in [-0.3, -0.25) is 9.69 Å². The second kappa shape index (κ2) is 5.50. The van der Waals surface area contributed by atoms with Crippen molar-refractivity contribution in [2.45, 2.75) is 58.5 Å². The molecule has 0 aromatic rings. The van der Waals surface area contributed by atoms with Crippen LogP contribution in [0.2, 0.25) is 0 Å². The molecule has 1 unspecified atom stereocenters. The van der Waals surface area contributed by atoms with Gasteiger partial charge in [-0.05, 0) is 31.7 Å². The number of carbonyl (C=O) groups is 1. The van der Waals surface area contributed by atoms with Crippen molar-refractivity contribution in [3.63, 3.8) is 0 Å². The van der Waals surface area contributed by atoms with Gasteiger partial charge in [0.05, 0.1) is 0 Å². The molecule has 1 rings (SSSR count). The lowest BCUT2D eigenvalue weighted by Gasteiger charge is -2.31. The van der Waals surface area contributed by atoms with Gasteiger partial charge in [0, 0.05) is 6.04 Å². The van der Waals surface area contributed by atoms with E-state index in [0.717, 1.165) is 19.4 Å². The molecule has 1 aliphatic carbocycles. The first-order valence-corrected chi connectivity index (χ1v) is 6.06. The standard InChI is InChI=1S/C12H23NO2/c1-4-5-8-13(10-6-7-10)11(9(2)3)12(14)15/h9-11H,4-8H2,1-3H3,(H,14,15). The molecule has 0 saturated heterocycles. The molecule has 1 aliphatic rings. The predicted molar refractivity (Wildman–Crippen MR) is 60.9 cm³/mol. The number of nitrogens with zero attached hydrogens (tertiary/aromatic N) is 1. The van der Waals surface area contributed by atoms with E-state index >= 15 is 0 Å². The number of unbranched alkanes of at least 4 members (excludes halogenated alkanes) is 1. The Bertz CT molecular complexity index is 212. The SMILES string of the molecule is CCCCN(C1CC1)C(C(=O)O)C(C)C. The molecular weight excluding hydrogens is 190 g/mol. The number of carboxylic acids is 1. The molecule has 1 saturated carbocycles. The van der Waals surface area contributed by atoms with Gasteiger partial charge >= 0.3 is 5.97 Å². The van der Waals surface area contributed by atoms with E-state index in [1.807, 2.05) is 13.8 Å². The zero-order valence-electron chi connectivity index (χ0n) is 10.1. The molecule has 0 aliphatic heterocycles. The van der Waals surface area contributed by atoms with Crippen LogP contribution in [0.15, 0.2) is 0 Å². The predicted octanol–water partition coefficient (Wildman–Crippen LogP) is 2.36. The Labute approximate surface area is 92.5 Å². The summed E-state index contributed by atoms with van der Waals surface area (Å²) in [4.78, 5) is 13.4. The van der Waals surface area contributed by atoms with E-state index in [4.69, 9.17) is 0 Å². The lowest BCUT2D eigenvalue weighted by atomic mass is 10.0. The van der Waals surface area contributed by atoms with E-state index in [9.17, 15) is 9.90 Å². The number of hydrogen-bond acceptors (Lipinski definition) is 2. The minimum Gasteiger partial charge on any atom is -0.480 e. The van der Waals surface area contributed by atoms with E-state index in [-0.39, 0.29) is 12.0 Å². The van der Waals surface area contributed by atoms with Crippen LogP contribution in [0.25, 0.3) is 0 Å². The summed E-state index contributed by atoms with van der Waals surface area (Å²) in [5.41, 5.74) is 0. The molecule has 0 spiro atoms. The quantitative estimate of drug-likeness (QED) is 0.705. The van der Waals surface area contributed by atoms with E-state index in [1.54, 1.807) is 0 Å². The summed E-state index contributed by atoms with van der Waals surface area (Å²) in [7, 11) is 0. The molecule has 0 radical (unpaired) electrons. The monoisotopic (exact) mass is 213 g/mol. The van der Waals surface area contributed by atoms with Crippen LogP contribution in [0.1, 0.15) is 46.5 Å². The number of carboxylic acid groups (broad SMARTS) is 1. The van der Waals surface area contributed by atoms with Crippen LogP contribution in [0.5, 0.6) is 0 Å². The zero-order valence-corrected chi connectivity index (χ0v) is 10.1. The summed E-state index contributed by atoms with van der Waals surface area (Å²) in [5.74, 6) is -0.465. The zero-order chi connectivity index (χ0) is 11.4. The van der Waals surface area contributed by atoms with Gasteiger partial charge in [-0.15, -0.1) is 0 Å². The Kier molecular flexibility index (Phi) is 4.58. The van der Waals surface area contributed by atoms with E-state index in [2.05, 4.69) is 11.8 Å². The third-order valence-electron chi connectivity index (χ3n) is 3.03. The second-order valence-corrected chi connectivity index (χ2v) is 4.85. The van der Waals surface area contributed by atoms with Crippen molar-refractivity contribution in [1.29, 1.82) is 0 Å². The molecule has 1 atom stereocenters. The average molecular weight is 213 g/mol. The smallest absolute Gasteiger partial charge is 0.321 e. The number of hydrogen-bond donors (Lipinski definition) is 1. The van der Waals surface area contributed by atoms with Crippen molar-refractivity contribution in [2.24, 2.45) is 5.92 Å². The van der Waals surface area contributed by atoms with Gasteiger partial charge in [-0.1, -0.05) is 27.2 Å². The summed E-state index contributed by atoms with van der Waals surface area (Å²) >= 11 is 0. The van der Waals surface area contributed by atoms with Crippen LogP contribution < -0.4 is 0 Å². The molecule has 3 heteroatoms. The molecule has 1 N–H and O–H groups in total. The maximum atomic E-state index is 11.2. The highest BCUT2D eigenvalue weighted by atomic mass is 16.4. The number of rotatable bonds is 7. The molecule has 0 aromatic carbocycles. The van der Waals surface area contributed by atoms with E-state index in [0.29, 0.717) is 6.04 Å². The van der Waals surface area contributed by atoms with Crippen LogP contribution in [-0.4, -0.2) is 34.6 Å². The minimum atomic E-state index is -0.659. The lowest BCUT2D eigenvalue weighted by molar-refractivity contribution is -0.145. The fourth-order valence-electron chi connectivity index (χ4n) is 2.11. The van der Waals surface area contributed by atoms with Crippen molar-refractivity contribution >= 4 is 5.97 Å². The van der Waals surface area contributed by atoms with Crippen LogP contribution in [0.4, 0.5) is 0 Å². The van der Waals surface area contributed by atoms with Gasteiger partial charge in [0.25, 0.3) is 0 Å². The fraction of sp³-hybridized carbons (Fsp3) is 0.917. The van der Waals surface area contributed by atoms with Crippen LogP contribution in [0.3, 0.4) is 0 Å². The molecule has 0 amide bonds. The molecule has 0 aromatic heterocycles. The van der Waals surface area contributed by atoms with Gasteiger partial charge in [0.15, 0.2) is 0 Å². The minimum absolute atomic E-state index is 0.194. The van der Waals surface area contributed by atoms with Crippen molar-refractivity contribution in [3.05, 3.63) is 0 Å². The Morgan fingerprint density at radius 1 is 1.47 bits per heavy atom. The molecule has 0 bridgehead atoms. The van der Waals surface area contributed by atoms with Gasteiger partial charge < -0.3 is 5.11 Å². The number of aliphatic carboxylic acids is 1. The summed E-state index contributed by atoms with van der Waals surface area (Å²) in [6.45, 7) is 7.09. The highest BCUT2D eigenvalue weighted by Gasteiger charge is 2.38. The average Bonchev–Trinajstić information content (AvgIpc) is 2.93. The van der Waals surface area contributed by atoms with E-state index in [1.165, 1.54) is 12.8 Å². The maximum absolute atomic E-state index is 11.2. The summed E-state index contributed by atoms with van der Waals surface area (Å²) in [6, 6.07) is 0.254. The van der Waals surface area contributed by atoms with Crippen molar-refractivity contribution < 1.29 is 9.90 Å². The third-order valence-corrected chi connectivity index (χ3v) is 3.03. The van der Waals surface area contributed by atoms with Gasteiger partial charge in [0.1, 0.15) is 6.04 Å². The first-order chi connectivity index (χ1) is 7.07. The Hall–Kier alpha value is -0.570. The topological polar surface area (TPSA) is 40.5 Å². The molecule has 88 valence electrons. The highest BCUT2D eigenvalue weighted by Crippen LogP contribution is 2.31. The van der Waals surface area contributed by atoms with Crippen molar-refractivity contribution in [1.82, 2.24) is 4.90 Å². The van der Waals surface area contributed by atoms with Gasteiger partial charge in [-0.25, -0.2) is 0 Å². The maximum Gasteiger partial charge on any atom is 0.321 e. The largest absolute Gasteiger partial charge is 0.480 e. The summed E-state index contributed by atoms with van der Waals surface area (Å²) in [5, 5.41) is 9.25. The first kappa shape index (κ1) is 12.5. The lowest BCUT2D eigenvalue weighted by Crippen LogP contribution is -2.46. The molecule has 15 heavy (non-hydrogen) atoms. The summed E-state index contributed by atoms with van der Waals surface area (Å²) < 4.78 is 0. The second-order valence-electron chi connectivity index (χ2n) is 4.85. The molecular formula is C12H23NO2. The van der Waals surface area contributed by atoms with Crippen molar-refractivity contribution in [2.75, 3.05) is 6.54 Å². The fourth-order valence-corrected chi connectivity index (χ4v) is 2.11. The van der Waals surface area contributed by atoms with Gasteiger partial charge in [-0.2, -0.15) is 0 Å². The third kappa shape index (κ3) is 3.49. The van der Waals surface area contributed by atoms with Crippen LogP contribution in [0, 0.1) is 5.92 Å². The Morgan fingerprint density at radius 2 is 2.07 bits per heavy atom. The molecule has 1 fully saturated rings. The molecule has 3 nitrogen and oxygen atoms in total. The Morgan fingerprint density at radius 3 is 2.40 bits per heavy atom. The van der Waals surface area contributed by atoms with Crippen LogP contribution in [-0.2, 0) is 4.79 Å². The van der Waals surface area contributed by atoms with E-state index < -0.39 is 5.97 Å². The molecule has 0 heterocycles. The van der Waals surface area contributed by atoms with Crippen LogP contribution >= 0.6 is 0 Å². The Balaban J connectivity index is 2.61. The highest BCUT2D eigenvalue weighted by molar-refractivity contribution is 5.73. The summed E-state index contributed by atoms with van der Waals surface area (Å²) in [6.07, 6.45) is 4.60. The normalized spacial score (nSPS) is 18.5. The van der Waals surface area contributed by atoms with Gasteiger partial charge in [0.2, 0.25) is 0 Å².